The molecule has 1 unspecified atom stereocenters. The van der Waals surface area contributed by atoms with Crippen molar-refractivity contribution in [3.05, 3.63) is 24.0 Å². The first-order valence-electron chi connectivity index (χ1n) is 6.27. The summed E-state index contributed by atoms with van der Waals surface area (Å²) in [6, 6.07) is 3.88. The molecule has 1 aromatic rings. The van der Waals surface area contributed by atoms with Crippen LogP contribution in [0.4, 0.5) is 10.1 Å². The Labute approximate surface area is 113 Å². The summed E-state index contributed by atoms with van der Waals surface area (Å²) in [6.45, 7) is 5.61. The number of hydrogen-bond donors (Lipinski definition) is 1. The first-order chi connectivity index (χ1) is 8.88. The van der Waals surface area contributed by atoms with E-state index in [0.29, 0.717) is 18.0 Å². The number of anilines is 1. The van der Waals surface area contributed by atoms with Gasteiger partial charge in [0, 0.05) is 17.9 Å². The minimum absolute atomic E-state index is 0.0342. The van der Waals surface area contributed by atoms with Crippen LogP contribution in [0.1, 0.15) is 20.8 Å². The van der Waals surface area contributed by atoms with Gasteiger partial charge in [-0.2, -0.15) is 0 Å². The lowest BCUT2D eigenvalue weighted by molar-refractivity contribution is 0.339. The Bertz CT molecular complexity index is 517. The highest BCUT2D eigenvalue weighted by Gasteiger charge is 2.15. The fourth-order valence-electron chi connectivity index (χ4n) is 1.70. The van der Waals surface area contributed by atoms with Crippen LogP contribution in [-0.4, -0.2) is 32.6 Å². The van der Waals surface area contributed by atoms with Crippen molar-refractivity contribution < 1.29 is 17.5 Å². The molecule has 0 aromatic heterocycles. The third-order valence-corrected chi connectivity index (χ3v) is 4.48. The standard InChI is InChI=1S/C13H20FNO3S/c1-4-18-13-8-11(14)6-7-12(13)15-10(3)9-19(16,17)5-2/h6-8,10,15H,4-5,9H2,1-3H3. The van der Waals surface area contributed by atoms with Crippen molar-refractivity contribution in [2.75, 3.05) is 23.4 Å². The summed E-state index contributed by atoms with van der Waals surface area (Å²) in [5.74, 6) is 0.152. The Balaban J connectivity index is 2.81. The molecule has 6 heteroatoms. The summed E-state index contributed by atoms with van der Waals surface area (Å²) >= 11 is 0. The Morgan fingerprint density at radius 1 is 1.37 bits per heavy atom. The van der Waals surface area contributed by atoms with E-state index < -0.39 is 9.84 Å². The van der Waals surface area contributed by atoms with Gasteiger partial charge in [-0.05, 0) is 26.0 Å². The zero-order chi connectivity index (χ0) is 14.5. The summed E-state index contributed by atoms with van der Waals surface area (Å²) in [4.78, 5) is 0. The van der Waals surface area contributed by atoms with Crippen molar-refractivity contribution in [3.8, 4) is 5.75 Å². The van der Waals surface area contributed by atoms with Crippen molar-refractivity contribution in [1.29, 1.82) is 0 Å². The number of sulfone groups is 1. The summed E-state index contributed by atoms with van der Waals surface area (Å²) in [5.41, 5.74) is 0.599. The Hall–Kier alpha value is -1.30. The quantitative estimate of drug-likeness (QED) is 0.837. The second-order valence-corrected chi connectivity index (χ2v) is 6.72. The second kappa shape index (κ2) is 6.75. The van der Waals surface area contributed by atoms with Crippen LogP contribution in [0.25, 0.3) is 0 Å². The minimum atomic E-state index is -3.05. The highest BCUT2D eigenvalue weighted by molar-refractivity contribution is 7.91. The molecule has 0 aliphatic rings. The van der Waals surface area contributed by atoms with Gasteiger partial charge in [0.15, 0.2) is 9.84 Å². The summed E-state index contributed by atoms with van der Waals surface area (Å²) in [7, 11) is -3.05. The maximum Gasteiger partial charge on any atom is 0.152 e. The zero-order valence-corrected chi connectivity index (χ0v) is 12.3. The molecule has 1 rings (SSSR count). The fourth-order valence-corrected chi connectivity index (χ4v) is 2.78. The smallest absolute Gasteiger partial charge is 0.152 e. The normalized spacial score (nSPS) is 13.1. The number of ether oxygens (including phenoxy) is 1. The van der Waals surface area contributed by atoms with Gasteiger partial charge >= 0.3 is 0 Å². The third-order valence-electron chi connectivity index (χ3n) is 2.59. The second-order valence-electron chi connectivity index (χ2n) is 4.32. The lowest BCUT2D eigenvalue weighted by Crippen LogP contribution is -2.27. The van der Waals surface area contributed by atoms with Gasteiger partial charge in [0.05, 0.1) is 18.0 Å². The molecular weight excluding hydrogens is 269 g/mol. The van der Waals surface area contributed by atoms with E-state index in [1.165, 1.54) is 12.1 Å². The molecule has 1 N–H and O–H groups in total. The first kappa shape index (κ1) is 15.8. The molecule has 0 bridgehead atoms. The molecule has 1 atom stereocenters. The number of halogens is 1. The van der Waals surface area contributed by atoms with Gasteiger partial charge in [0.1, 0.15) is 11.6 Å². The highest BCUT2D eigenvalue weighted by Crippen LogP contribution is 2.26. The number of rotatable bonds is 7. The van der Waals surface area contributed by atoms with Crippen LogP contribution in [0, 0.1) is 5.82 Å². The van der Waals surface area contributed by atoms with E-state index in [9.17, 15) is 12.8 Å². The van der Waals surface area contributed by atoms with Crippen molar-refractivity contribution in [2.45, 2.75) is 26.8 Å². The van der Waals surface area contributed by atoms with E-state index in [0.717, 1.165) is 0 Å². The molecule has 0 fully saturated rings. The van der Waals surface area contributed by atoms with E-state index in [4.69, 9.17) is 4.74 Å². The molecule has 4 nitrogen and oxygen atoms in total. The van der Waals surface area contributed by atoms with Gasteiger partial charge in [0.2, 0.25) is 0 Å². The lowest BCUT2D eigenvalue weighted by atomic mass is 10.2. The summed E-state index contributed by atoms with van der Waals surface area (Å²) in [5, 5.41) is 3.04. The van der Waals surface area contributed by atoms with E-state index in [2.05, 4.69) is 5.32 Å². The van der Waals surface area contributed by atoms with Crippen LogP contribution in [0.5, 0.6) is 5.75 Å². The maximum atomic E-state index is 13.1. The molecule has 0 heterocycles. The average molecular weight is 289 g/mol. The van der Waals surface area contributed by atoms with Crippen molar-refractivity contribution in [3.63, 3.8) is 0 Å². The van der Waals surface area contributed by atoms with E-state index in [1.807, 2.05) is 0 Å². The zero-order valence-electron chi connectivity index (χ0n) is 11.4. The van der Waals surface area contributed by atoms with Crippen molar-refractivity contribution >= 4 is 15.5 Å². The van der Waals surface area contributed by atoms with E-state index >= 15 is 0 Å². The van der Waals surface area contributed by atoms with Crippen LogP contribution in [0.3, 0.4) is 0 Å². The first-order valence-corrected chi connectivity index (χ1v) is 8.09. The average Bonchev–Trinajstić information content (AvgIpc) is 2.32. The topological polar surface area (TPSA) is 55.4 Å². The molecule has 1 aromatic carbocycles. The molecule has 0 amide bonds. The Morgan fingerprint density at radius 3 is 2.63 bits per heavy atom. The van der Waals surface area contributed by atoms with Gasteiger partial charge in [0.25, 0.3) is 0 Å². The summed E-state index contributed by atoms with van der Waals surface area (Å²) in [6.07, 6.45) is 0. The molecule has 0 aliphatic carbocycles. The van der Waals surface area contributed by atoms with Crippen LogP contribution in [-0.2, 0) is 9.84 Å². The monoisotopic (exact) mass is 289 g/mol. The SMILES string of the molecule is CCOc1cc(F)ccc1NC(C)CS(=O)(=O)CC. The summed E-state index contributed by atoms with van der Waals surface area (Å²) < 4.78 is 41.5. The molecule has 0 saturated carbocycles. The third kappa shape index (κ3) is 5.06. The molecular formula is C13H20FNO3S. The van der Waals surface area contributed by atoms with Crippen LogP contribution in [0.15, 0.2) is 18.2 Å². The Morgan fingerprint density at radius 2 is 2.05 bits per heavy atom. The molecule has 19 heavy (non-hydrogen) atoms. The molecule has 0 aliphatic heterocycles. The van der Waals surface area contributed by atoms with Crippen LogP contribution >= 0.6 is 0 Å². The number of hydrogen-bond acceptors (Lipinski definition) is 4. The molecule has 0 spiro atoms. The molecule has 0 radical (unpaired) electrons. The maximum absolute atomic E-state index is 13.1. The van der Waals surface area contributed by atoms with E-state index in [-0.39, 0.29) is 23.4 Å². The molecule has 0 saturated heterocycles. The van der Waals surface area contributed by atoms with Gasteiger partial charge in [-0.15, -0.1) is 0 Å². The largest absolute Gasteiger partial charge is 0.492 e. The molecule has 108 valence electrons. The Kier molecular flexibility index (Phi) is 5.60. The van der Waals surface area contributed by atoms with E-state index in [1.54, 1.807) is 26.8 Å². The number of benzene rings is 1. The van der Waals surface area contributed by atoms with Gasteiger partial charge in [-0.25, -0.2) is 12.8 Å². The predicted molar refractivity (Wildman–Crippen MR) is 75.0 cm³/mol. The van der Waals surface area contributed by atoms with Crippen molar-refractivity contribution in [2.24, 2.45) is 0 Å². The number of nitrogens with one attached hydrogen (secondary N) is 1. The predicted octanol–water partition coefficient (Wildman–Crippen LogP) is 2.46. The van der Waals surface area contributed by atoms with Crippen LogP contribution < -0.4 is 10.1 Å². The fraction of sp³-hybridized carbons (Fsp3) is 0.538. The van der Waals surface area contributed by atoms with Crippen molar-refractivity contribution in [1.82, 2.24) is 0 Å². The van der Waals surface area contributed by atoms with Crippen LogP contribution in [0.2, 0.25) is 0 Å². The van der Waals surface area contributed by atoms with Gasteiger partial charge in [-0.3, -0.25) is 0 Å². The lowest BCUT2D eigenvalue weighted by Gasteiger charge is -2.18. The highest BCUT2D eigenvalue weighted by atomic mass is 32.2. The van der Waals surface area contributed by atoms with Gasteiger partial charge < -0.3 is 10.1 Å². The van der Waals surface area contributed by atoms with Gasteiger partial charge in [-0.1, -0.05) is 6.92 Å². The minimum Gasteiger partial charge on any atom is -0.492 e.